The molecule has 2 aromatic carbocycles. The maximum Gasteiger partial charge on any atom is 0.220 e. The minimum absolute atomic E-state index is 0.133. The SMILES string of the molecule is CCCNC(=O)CCCc1c(-c2ccc3ccccc3n2)[nH]c2ccc(C)cc12. The van der Waals surface area contributed by atoms with Crippen LogP contribution in [0.15, 0.2) is 54.6 Å². The number of rotatable bonds is 7. The summed E-state index contributed by atoms with van der Waals surface area (Å²) in [5.41, 5.74) is 6.59. The molecule has 0 saturated carbocycles. The van der Waals surface area contributed by atoms with Crippen LogP contribution < -0.4 is 5.32 Å². The number of hydrogen-bond donors (Lipinski definition) is 2. The predicted molar refractivity (Wildman–Crippen MR) is 120 cm³/mol. The van der Waals surface area contributed by atoms with Gasteiger partial charge in [-0.15, -0.1) is 0 Å². The van der Waals surface area contributed by atoms with Crippen LogP contribution in [-0.2, 0) is 11.2 Å². The highest BCUT2D eigenvalue weighted by atomic mass is 16.1. The quantitative estimate of drug-likeness (QED) is 0.439. The van der Waals surface area contributed by atoms with Gasteiger partial charge in [-0.1, -0.05) is 42.8 Å². The molecule has 2 N–H and O–H groups in total. The normalized spacial score (nSPS) is 11.2. The number of para-hydroxylation sites is 1. The number of pyridine rings is 1. The predicted octanol–water partition coefficient (Wildman–Crippen LogP) is 5.54. The van der Waals surface area contributed by atoms with Crippen LogP contribution in [0.4, 0.5) is 0 Å². The first-order chi connectivity index (χ1) is 14.2. The van der Waals surface area contributed by atoms with Gasteiger partial charge in [-0.05, 0) is 56.0 Å². The molecule has 0 aliphatic carbocycles. The van der Waals surface area contributed by atoms with Crippen LogP contribution in [0.2, 0.25) is 0 Å². The number of benzene rings is 2. The smallest absolute Gasteiger partial charge is 0.220 e. The van der Waals surface area contributed by atoms with E-state index in [9.17, 15) is 4.79 Å². The number of aromatic nitrogens is 2. The van der Waals surface area contributed by atoms with Crippen molar-refractivity contribution in [3.63, 3.8) is 0 Å². The molecule has 4 rings (SSSR count). The lowest BCUT2D eigenvalue weighted by molar-refractivity contribution is -0.121. The van der Waals surface area contributed by atoms with Gasteiger partial charge in [0, 0.05) is 29.3 Å². The molecule has 0 aliphatic rings. The molecule has 0 atom stereocenters. The molecule has 2 heterocycles. The molecule has 0 unspecified atom stereocenters. The van der Waals surface area contributed by atoms with Gasteiger partial charge in [0.1, 0.15) is 0 Å². The molecule has 0 aliphatic heterocycles. The summed E-state index contributed by atoms with van der Waals surface area (Å²) >= 11 is 0. The molecular weight excluding hydrogens is 358 g/mol. The van der Waals surface area contributed by atoms with Gasteiger partial charge in [0.15, 0.2) is 0 Å². The summed E-state index contributed by atoms with van der Waals surface area (Å²) in [4.78, 5) is 20.5. The molecular formula is C25H27N3O. The first-order valence-corrected chi connectivity index (χ1v) is 10.4. The van der Waals surface area contributed by atoms with Crippen molar-refractivity contribution in [2.24, 2.45) is 0 Å². The third-order valence-corrected chi connectivity index (χ3v) is 5.32. The Labute approximate surface area is 171 Å². The van der Waals surface area contributed by atoms with E-state index in [0.29, 0.717) is 6.42 Å². The topological polar surface area (TPSA) is 57.8 Å². The molecule has 0 spiro atoms. The molecule has 4 nitrogen and oxygen atoms in total. The fourth-order valence-electron chi connectivity index (χ4n) is 3.82. The van der Waals surface area contributed by atoms with Crippen molar-refractivity contribution in [1.29, 1.82) is 0 Å². The fraction of sp³-hybridized carbons (Fsp3) is 0.280. The first kappa shape index (κ1) is 19.2. The lowest BCUT2D eigenvalue weighted by Gasteiger charge is -2.07. The van der Waals surface area contributed by atoms with E-state index in [-0.39, 0.29) is 5.91 Å². The highest BCUT2D eigenvalue weighted by Gasteiger charge is 2.15. The number of nitrogens with one attached hydrogen (secondary N) is 2. The molecule has 0 saturated heterocycles. The van der Waals surface area contributed by atoms with E-state index in [1.54, 1.807) is 0 Å². The Hall–Kier alpha value is -3.14. The molecule has 4 aromatic rings. The Morgan fingerprint density at radius 2 is 1.97 bits per heavy atom. The summed E-state index contributed by atoms with van der Waals surface area (Å²) in [5, 5.41) is 5.33. The molecule has 1 amide bonds. The molecule has 0 radical (unpaired) electrons. The Morgan fingerprint density at radius 3 is 2.83 bits per heavy atom. The Morgan fingerprint density at radius 1 is 1.10 bits per heavy atom. The van der Waals surface area contributed by atoms with Gasteiger partial charge in [-0.2, -0.15) is 0 Å². The van der Waals surface area contributed by atoms with Crippen molar-refractivity contribution in [3.8, 4) is 11.4 Å². The van der Waals surface area contributed by atoms with Crippen LogP contribution in [0.5, 0.6) is 0 Å². The zero-order valence-electron chi connectivity index (χ0n) is 17.1. The number of amides is 1. The number of aromatic amines is 1. The lowest BCUT2D eigenvalue weighted by atomic mass is 10.0. The summed E-state index contributed by atoms with van der Waals surface area (Å²) in [7, 11) is 0. The van der Waals surface area contributed by atoms with E-state index in [4.69, 9.17) is 4.98 Å². The van der Waals surface area contributed by atoms with Crippen molar-refractivity contribution >= 4 is 27.7 Å². The molecule has 4 heteroatoms. The lowest BCUT2D eigenvalue weighted by Crippen LogP contribution is -2.23. The monoisotopic (exact) mass is 385 g/mol. The Bertz CT molecular complexity index is 1160. The third-order valence-electron chi connectivity index (χ3n) is 5.32. The van der Waals surface area contributed by atoms with Crippen LogP contribution in [0.3, 0.4) is 0 Å². The Kier molecular flexibility index (Phi) is 5.61. The second-order valence-corrected chi connectivity index (χ2v) is 7.62. The van der Waals surface area contributed by atoms with E-state index >= 15 is 0 Å². The number of carbonyl (C=O) groups excluding carboxylic acids is 1. The van der Waals surface area contributed by atoms with Gasteiger partial charge in [-0.25, -0.2) is 4.98 Å². The number of hydrogen-bond acceptors (Lipinski definition) is 2. The van der Waals surface area contributed by atoms with E-state index < -0.39 is 0 Å². The van der Waals surface area contributed by atoms with Crippen LogP contribution in [-0.4, -0.2) is 22.4 Å². The van der Waals surface area contributed by atoms with Gasteiger partial charge in [0.2, 0.25) is 5.91 Å². The fourth-order valence-corrected chi connectivity index (χ4v) is 3.82. The summed E-state index contributed by atoms with van der Waals surface area (Å²) in [6, 6.07) is 18.9. The summed E-state index contributed by atoms with van der Waals surface area (Å²) < 4.78 is 0. The maximum atomic E-state index is 12.0. The molecule has 2 aromatic heterocycles. The first-order valence-electron chi connectivity index (χ1n) is 10.4. The van der Waals surface area contributed by atoms with Crippen molar-refractivity contribution in [2.45, 2.75) is 39.5 Å². The summed E-state index contributed by atoms with van der Waals surface area (Å²) in [5.74, 6) is 0.133. The van der Waals surface area contributed by atoms with E-state index in [1.165, 1.54) is 16.5 Å². The van der Waals surface area contributed by atoms with Gasteiger partial charge < -0.3 is 10.3 Å². The standard InChI is InChI=1S/C25H27N3O/c1-3-15-26-24(29)10-6-8-19-20-16-17(2)11-13-22(20)28-25(19)23-14-12-18-7-4-5-9-21(18)27-23/h4-5,7,9,11-14,16,28H,3,6,8,10,15H2,1-2H3,(H,26,29). The second-order valence-electron chi connectivity index (χ2n) is 7.62. The van der Waals surface area contributed by atoms with E-state index in [0.717, 1.165) is 53.6 Å². The van der Waals surface area contributed by atoms with E-state index in [1.807, 2.05) is 18.2 Å². The van der Waals surface area contributed by atoms with Gasteiger partial charge in [-0.3, -0.25) is 4.79 Å². The van der Waals surface area contributed by atoms with Gasteiger partial charge in [0.25, 0.3) is 0 Å². The van der Waals surface area contributed by atoms with Gasteiger partial charge in [0.05, 0.1) is 16.9 Å². The van der Waals surface area contributed by atoms with Crippen molar-refractivity contribution in [2.75, 3.05) is 6.54 Å². The van der Waals surface area contributed by atoms with Gasteiger partial charge >= 0.3 is 0 Å². The minimum atomic E-state index is 0.133. The zero-order valence-corrected chi connectivity index (χ0v) is 17.1. The van der Waals surface area contributed by atoms with Crippen LogP contribution in [0, 0.1) is 6.92 Å². The van der Waals surface area contributed by atoms with Crippen LogP contribution in [0.25, 0.3) is 33.2 Å². The zero-order chi connectivity index (χ0) is 20.2. The number of nitrogens with zero attached hydrogens (tertiary/aromatic N) is 1. The molecule has 148 valence electrons. The number of fused-ring (bicyclic) bond motifs is 2. The molecule has 29 heavy (non-hydrogen) atoms. The second kappa shape index (κ2) is 8.48. The third kappa shape index (κ3) is 4.16. The van der Waals surface area contributed by atoms with Crippen molar-refractivity contribution < 1.29 is 4.79 Å². The maximum absolute atomic E-state index is 12.0. The highest BCUT2D eigenvalue weighted by Crippen LogP contribution is 2.32. The average molecular weight is 386 g/mol. The van der Waals surface area contributed by atoms with Crippen molar-refractivity contribution in [1.82, 2.24) is 15.3 Å². The number of carbonyl (C=O) groups is 1. The number of aryl methyl sites for hydroxylation is 2. The van der Waals surface area contributed by atoms with Crippen LogP contribution >= 0.6 is 0 Å². The summed E-state index contributed by atoms with van der Waals surface area (Å²) in [6.07, 6.45) is 3.16. The van der Waals surface area contributed by atoms with Crippen molar-refractivity contribution in [3.05, 3.63) is 65.7 Å². The molecule has 0 bridgehead atoms. The number of H-pyrrole nitrogens is 1. The van der Waals surface area contributed by atoms with E-state index in [2.05, 4.69) is 60.5 Å². The average Bonchev–Trinajstić information content (AvgIpc) is 3.09. The Balaban J connectivity index is 1.69. The highest BCUT2D eigenvalue weighted by molar-refractivity contribution is 5.92. The summed E-state index contributed by atoms with van der Waals surface area (Å²) in [6.45, 7) is 4.93. The van der Waals surface area contributed by atoms with Crippen LogP contribution in [0.1, 0.15) is 37.3 Å². The minimum Gasteiger partial charge on any atom is -0.356 e. The molecule has 0 fully saturated rings. The largest absolute Gasteiger partial charge is 0.356 e.